The molecule has 3 unspecified atom stereocenters. The third-order valence-corrected chi connectivity index (χ3v) is 4.85. The van der Waals surface area contributed by atoms with Crippen LogP contribution in [0, 0.1) is 17.8 Å². The number of rotatable bonds is 4. The number of carbonyl (C=O) groups is 1. The Morgan fingerprint density at radius 1 is 1.18 bits per heavy atom. The van der Waals surface area contributed by atoms with E-state index in [9.17, 15) is 4.79 Å². The van der Waals surface area contributed by atoms with Gasteiger partial charge in [0.1, 0.15) is 5.60 Å². The van der Waals surface area contributed by atoms with Crippen LogP contribution in [0.2, 0.25) is 0 Å². The van der Waals surface area contributed by atoms with Crippen molar-refractivity contribution in [1.82, 2.24) is 10.2 Å². The van der Waals surface area contributed by atoms with Gasteiger partial charge in [-0.1, -0.05) is 19.8 Å². The van der Waals surface area contributed by atoms with Crippen LogP contribution in [0.3, 0.4) is 0 Å². The predicted molar refractivity (Wildman–Crippen MR) is 89.9 cm³/mol. The molecule has 2 fully saturated rings. The molecule has 0 radical (unpaired) electrons. The number of hydrogen-bond donors (Lipinski definition) is 1. The zero-order valence-electron chi connectivity index (χ0n) is 14.9. The maximum atomic E-state index is 12.0. The van der Waals surface area contributed by atoms with Crippen molar-refractivity contribution in [2.24, 2.45) is 17.8 Å². The predicted octanol–water partition coefficient (Wildman–Crippen LogP) is 3.66. The Hall–Kier alpha value is -0.770. The fraction of sp³-hybridized carbons (Fsp3) is 0.944. The molecule has 0 aromatic rings. The van der Waals surface area contributed by atoms with E-state index < -0.39 is 5.60 Å². The molecule has 1 saturated heterocycles. The van der Waals surface area contributed by atoms with Crippen LogP contribution in [0.5, 0.6) is 0 Å². The lowest BCUT2D eigenvalue weighted by Crippen LogP contribution is -2.36. The van der Waals surface area contributed by atoms with Crippen molar-refractivity contribution in [2.45, 2.75) is 65.4 Å². The lowest BCUT2D eigenvalue weighted by atomic mass is 9.82. The molecule has 1 amide bonds. The average Bonchev–Trinajstić information content (AvgIpc) is 2.86. The van der Waals surface area contributed by atoms with Gasteiger partial charge < -0.3 is 15.0 Å². The van der Waals surface area contributed by atoms with Gasteiger partial charge in [0, 0.05) is 13.1 Å². The molecule has 1 aliphatic carbocycles. The first-order valence-electron chi connectivity index (χ1n) is 9.02. The van der Waals surface area contributed by atoms with E-state index >= 15 is 0 Å². The Bertz CT molecular complexity index is 365. The lowest BCUT2D eigenvalue weighted by Gasteiger charge is -2.27. The summed E-state index contributed by atoms with van der Waals surface area (Å²) < 4.78 is 5.45. The molecule has 4 nitrogen and oxygen atoms in total. The molecule has 128 valence electrons. The molecule has 2 rings (SSSR count). The molecule has 0 aromatic heterocycles. The van der Waals surface area contributed by atoms with Crippen molar-refractivity contribution >= 4 is 6.09 Å². The quantitative estimate of drug-likeness (QED) is 0.861. The minimum absolute atomic E-state index is 0.156. The van der Waals surface area contributed by atoms with E-state index in [-0.39, 0.29) is 6.09 Å². The minimum Gasteiger partial charge on any atom is -0.444 e. The van der Waals surface area contributed by atoms with Crippen molar-refractivity contribution in [3.63, 3.8) is 0 Å². The van der Waals surface area contributed by atoms with Gasteiger partial charge in [0.25, 0.3) is 0 Å². The SMILES string of the molecule is CC1CCCC(CNCC2CCN(C(=O)OC(C)(C)C)C2)C1. The van der Waals surface area contributed by atoms with Crippen molar-refractivity contribution in [2.75, 3.05) is 26.2 Å². The summed E-state index contributed by atoms with van der Waals surface area (Å²) in [6.45, 7) is 12.0. The molecule has 22 heavy (non-hydrogen) atoms. The zero-order chi connectivity index (χ0) is 16.2. The van der Waals surface area contributed by atoms with E-state index in [4.69, 9.17) is 4.74 Å². The number of hydrogen-bond acceptors (Lipinski definition) is 3. The second-order valence-electron chi connectivity index (χ2n) is 8.38. The molecule has 0 bridgehead atoms. The van der Waals surface area contributed by atoms with Crippen molar-refractivity contribution in [1.29, 1.82) is 0 Å². The number of carbonyl (C=O) groups excluding carboxylic acids is 1. The summed E-state index contributed by atoms with van der Waals surface area (Å²) in [6.07, 6.45) is 6.49. The second kappa shape index (κ2) is 7.67. The molecule has 1 N–H and O–H groups in total. The van der Waals surface area contributed by atoms with Gasteiger partial charge >= 0.3 is 6.09 Å². The van der Waals surface area contributed by atoms with Gasteiger partial charge in [-0.25, -0.2) is 4.79 Å². The van der Waals surface area contributed by atoms with Gasteiger partial charge in [0.15, 0.2) is 0 Å². The van der Waals surface area contributed by atoms with Crippen LogP contribution in [0.25, 0.3) is 0 Å². The van der Waals surface area contributed by atoms with E-state index in [0.29, 0.717) is 5.92 Å². The number of nitrogens with one attached hydrogen (secondary N) is 1. The first-order chi connectivity index (χ1) is 10.3. The van der Waals surface area contributed by atoms with Crippen LogP contribution in [0.15, 0.2) is 0 Å². The van der Waals surface area contributed by atoms with E-state index in [1.807, 2.05) is 25.7 Å². The Labute approximate surface area is 136 Å². The standard InChI is InChI=1S/C18H34N2O2/c1-14-6-5-7-15(10-14)11-19-12-16-8-9-20(13-16)17(21)22-18(2,3)4/h14-16,19H,5-13H2,1-4H3. The number of likely N-dealkylation sites (tertiary alicyclic amines) is 1. The topological polar surface area (TPSA) is 41.6 Å². The third kappa shape index (κ3) is 5.79. The van der Waals surface area contributed by atoms with Crippen LogP contribution in [0.4, 0.5) is 4.79 Å². The molecular formula is C18H34N2O2. The smallest absolute Gasteiger partial charge is 0.410 e. The van der Waals surface area contributed by atoms with Crippen molar-refractivity contribution in [3.05, 3.63) is 0 Å². The Morgan fingerprint density at radius 2 is 1.91 bits per heavy atom. The first-order valence-corrected chi connectivity index (χ1v) is 9.02. The minimum atomic E-state index is -0.398. The number of amides is 1. The summed E-state index contributed by atoms with van der Waals surface area (Å²) in [5.41, 5.74) is -0.398. The molecular weight excluding hydrogens is 276 g/mol. The van der Waals surface area contributed by atoms with Crippen molar-refractivity contribution < 1.29 is 9.53 Å². The van der Waals surface area contributed by atoms with Gasteiger partial charge in [0.2, 0.25) is 0 Å². The molecule has 1 aliphatic heterocycles. The van der Waals surface area contributed by atoms with E-state index in [1.54, 1.807) is 0 Å². The molecule has 2 aliphatic rings. The lowest BCUT2D eigenvalue weighted by molar-refractivity contribution is 0.0288. The molecule has 4 heteroatoms. The van der Waals surface area contributed by atoms with Crippen LogP contribution in [0.1, 0.15) is 59.8 Å². The van der Waals surface area contributed by atoms with E-state index in [0.717, 1.165) is 44.4 Å². The highest BCUT2D eigenvalue weighted by Crippen LogP contribution is 2.28. The Morgan fingerprint density at radius 3 is 2.59 bits per heavy atom. The molecule has 0 aromatic carbocycles. The highest BCUT2D eigenvalue weighted by Gasteiger charge is 2.29. The molecule has 1 saturated carbocycles. The zero-order valence-corrected chi connectivity index (χ0v) is 14.9. The molecule has 3 atom stereocenters. The van der Waals surface area contributed by atoms with E-state index in [2.05, 4.69) is 12.2 Å². The van der Waals surface area contributed by atoms with Crippen LogP contribution in [-0.4, -0.2) is 42.8 Å². The van der Waals surface area contributed by atoms with E-state index in [1.165, 1.54) is 25.7 Å². The van der Waals surface area contributed by atoms with Crippen molar-refractivity contribution in [3.8, 4) is 0 Å². The maximum absolute atomic E-state index is 12.0. The highest BCUT2D eigenvalue weighted by atomic mass is 16.6. The van der Waals surface area contributed by atoms with Crippen LogP contribution in [-0.2, 0) is 4.74 Å². The fourth-order valence-corrected chi connectivity index (χ4v) is 3.73. The number of ether oxygens (including phenoxy) is 1. The van der Waals surface area contributed by atoms with Gasteiger partial charge in [-0.05, 0) is 70.9 Å². The maximum Gasteiger partial charge on any atom is 0.410 e. The summed E-state index contributed by atoms with van der Waals surface area (Å²) in [7, 11) is 0. The summed E-state index contributed by atoms with van der Waals surface area (Å²) in [5, 5.41) is 3.65. The largest absolute Gasteiger partial charge is 0.444 e. The summed E-state index contributed by atoms with van der Waals surface area (Å²) in [4.78, 5) is 13.9. The normalized spacial score (nSPS) is 29.6. The Balaban J connectivity index is 1.63. The van der Waals surface area contributed by atoms with Gasteiger partial charge in [0.05, 0.1) is 0 Å². The average molecular weight is 310 g/mol. The Kier molecular flexibility index (Phi) is 6.13. The second-order valence-corrected chi connectivity index (χ2v) is 8.38. The van der Waals surface area contributed by atoms with Crippen LogP contribution >= 0.6 is 0 Å². The van der Waals surface area contributed by atoms with Gasteiger partial charge in [-0.2, -0.15) is 0 Å². The molecule has 1 heterocycles. The summed E-state index contributed by atoms with van der Waals surface area (Å²) >= 11 is 0. The monoisotopic (exact) mass is 310 g/mol. The van der Waals surface area contributed by atoms with Gasteiger partial charge in [-0.3, -0.25) is 0 Å². The fourth-order valence-electron chi connectivity index (χ4n) is 3.73. The highest BCUT2D eigenvalue weighted by molar-refractivity contribution is 5.68. The third-order valence-electron chi connectivity index (χ3n) is 4.85. The summed E-state index contributed by atoms with van der Waals surface area (Å²) in [5.74, 6) is 2.33. The molecule has 0 spiro atoms. The number of nitrogens with zero attached hydrogens (tertiary/aromatic N) is 1. The van der Waals surface area contributed by atoms with Gasteiger partial charge in [-0.15, -0.1) is 0 Å². The van der Waals surface area contributed by atoms with Crippen LogP contribution < -0.4 is 5.32 Å². The first kappa shape index (κ1) is 17.6. The summed E-state index contributed by atoms with van der Waals surface area (Å²) in [6, 6.07) is 0.